The SMILES string of the molecule is Fc1ccc(Cn2cc(Br)c(NC(=S)Nc3ccn(Cc4c(F)cccc4Cl)n3)n2)cc1. The van der Waals surface area contributed by atoms with Gasteiger partial charge in [-0.2, -0.15) is 10.2 Å². The molecule has 0 spiro atoms. The average molecular weight is 538 g/mol. The lowest BCUT2D eigenvalue weighted by Gasteiger charge is -2.08. The molecule has 32 heavy (non-hydrogen) atoms. The van der Waals surface area contributed by atoms with Crippen LogP contribution in [-0.4, -0.2) is 24.7 Å². The highest BCUT2D eigenvalue weighted by molar-refractivity contribution is 9.10. The second kappa shape index (κ2) is 9.76. The summed E-state index contributed by atoms with van der Waals surface area (Å²) in [5, 5.41) is 15.4. The van der Waals surface area contributed by atoms with Crippen LogP contribution in [0.1, 0.15) is 11.1 Å². The number of nitrogens with one attached hydrogen (secondary N) is 2. The van der Waals surface area contributed by atoms with Crippen molar-refractivity contribution < 1.29 is 8.78 Å². The maximum Gasteiger partial charge on any atom is 0.177 e. The molecule has 0 fully saturated rings. The number of nitrogens with zero attached hydrogens (tertiary/aromatic N) is 4. The molecule has 0 radical (unpaired) electrons. The van der Waals surface area contributed by atoms with Gasteiger partial charge < -0.3 is 10.6 Å². The van der Waals surface area contributed by atoms with Crippen LogP contribution in [0.4, 0.5) is 20.4 Å². The highest BCUT2D eigenvalue weighted by atomic mass is 79.9. The predicted octanol–water partition coefficient (Wildman–Crippen LogP) is 5.68. The van der Waals surface area contributed by atoms with E-state index in [1.165, 1.54) is 18.2 Å². The van der Waals surface area contributed by atoms with Gasteiger partial charge in [-0.1, -0.05) is 29.8 Å². The van der Waals surface area contributed by atoms with Crippen molar-refractivity contribution in [2.24, 2.45) is 0 Å². The summed E-state index contributed by atoms with van der Waals surface area (Å²) in [5.41, 5.74) is 1.27. The first kappa shape index (κ1) is 22.4. The van der Waals surface area contributed by atoms with E-state index in [9.17, 15) is 8.78 Å². The lowest BCUT2D eigenvalue weighted by atomic mass is 10.2. The van der Waals surface area contributed by atoms with Gasteiger partial charge in [0.15, 0.2) is 16.7 Å². The molecule has 0 saturated carbocycles. The van der Waals surface area contributed by atoms with Crippen LogP contribution in [0, 0.1) is 11.6 Å². The number of thiocarbonyl (C=S) groups is 1. The van der Waals surface area contributed by atoms with E-state index >= 15 is 0 Å². The van der Waals surface area contributed by atoms with Crippen molar-refractivity contribution in [2.45, 2.75) is 13.1 Å². The lowest BCUT2D eigenvalue weighted by Crippen LogP contribution is -2.20. The minimum Gasteiger partial charge on any atom is -0.316 e. The summed E-state index contributed by atoms with van der Waals surface area (Å²) in [6.45, 7) is 0.663. The molecule has 0 saturated heterocycles. The van der Waals surface area contributed by atoms with Crippen LogP contribution in [0.15, 0.2) is 65.4 Å². The van der Waals surface area contributed by atoms with Crippen LogP contribution >= 0.6 is 39.7 Å². The standard InChI is InChI=1S/C21H16BrClF2N6S/c22-16-12-31(10-13-4-6-14(24)7-5-13)29-20(16)27-21(32)26-19-8-9-30(28-19)11-15-17(23)2-1-3-18(15)25/h1-9,12H,10-11H2,(H2,26,27,28,29,32). The Kier molecular flexibility index (Phi) is 6.83. The molecule has 2 aromatic heterocycles. The third-order valence-corrected chi connectivity index (χ3v) is 5.61. The van der Waals surface area contributed by atoms with Crippen molar-refractivity contribution in [1.82, 2.24) is 19.6 Å². The van der Waals surface area contributed by atoms with E-state index in [0.29, 0.717) is 33.2 Å². The van der Waals surface area contributed by atoms with Crippen molar-refractivity contribution in [3.05, 3.63) is 93.2 Å². The number of halogens is 4. The van der Waals surface area contributed by atoms with Crippen LogP contribution in [0.5, 0.6) is 0 Å². The highest BCUT2D eigenvalue weighted by Crippen LogP contribution is 2.22. The molecule has 2 N–H and O–H groups in total. The van der Waals surface area contributed by atoms with E-state index in [-0.39, 0.29) is 23.3 Å². The second-order valence-corrected chi connectivity index (χ2v) is 8.50. The minimum absolute atomic E-state index is 0.187. The third kappa shape index (κ3) is 5.50. The molecule has 4 aromatic rings. The molecule has 0 atom stereocenters. The lowest BCUT2D eigenvalue weighted by molar-refractivity contribution is 0.586. The molecule has 6 nitrogen and oxygen atoms in total. The first-order chi connectivity index (χ1) is 15.4. The van der Waals surface area contributed by atoms with E-state index in [1.54, 1.807) is 52.1 Å². The molecule has 2 aromatic carbocycles. The van der Waals surface area contributed by atoms with Crippen molar-refractivity contribution in [2.75, 3.05) is 10.6 Å². The topological polar surface area (TPSA) is 59.7 Å². The van der Waals surface area contributed by atoms with Crippen LogP contribution in [-0.2, 0) is 13.1 Å². The molecular weight excluding hydrogens is 522 g/mol. The fourth-order valence-corrected chi connectivity index (χ4v) is 3.80. The van der Waals surface area contributed by atoms with Gasteiger partial charge in [-0.15, -0.1) is 0 Å². The van der Waals surface area contributed by atoms with E-state index < -0.39 is 0 Å². The van der Waals surface area contributed by atoms with Crippen LogP contribution < -0.4 is 10.6 Å². The van der Waals surface area contributed by atoms with Gasteiger partial charge in [-0.25, -0.2) is 8.78 Å². The average Bonchev–Trinajstić information content (AvgIpc) is 3.32. The van der Waals surface area contributed by atoms with E-state index in [1.807, 2.05) is 0 Å². The Bertz CT molecular complexity index is 1240. The molecule has 2 heterocycles. The van der Waals surface area contributed by atoms with Crippen molar-refractivity contribution in [1.29, 1.82) is 0 Å². The molecule has 0 amide bonds. The molecule has 11 heteroatoms. The largest absolute Gasteiger partial charge is 0.316 e. The summed E-state index contributed by atoms with van der Waals surface area (Å²) in [4.78, 5) is 0. The minimum atomic E-state index is -0.388. The molecule has 0 bridgehead atoms. The smallest absolute Gasteiger partial charge is 0.177 e. The number of aromatic nitrogens is 4. The zero-order valence-electron chi connectivity index (χ0n) is 16.4. The molecular formula is C21H16BrClF2N6S. The maximum absolute atomic E-state index is 14.0. The number of hydrogen-bond acceptors (Lipinski definition) is 3. The van der Waals surface area contributed by atoms with Gasteiger partial charge >= 0.3 is 0 Å². The third-order valence-electron chi connectivity index (χ3n) is 4.47. The Morgan fingerprint density at radius 3 is 2.53 bits per heavy atom. The predicted molar refractivity (Wildman–Crippen MR) is 128 cm³/mol. The van der Waals surface area contributed by atoms with Gasteiger partial charge in [0.1, 0.15) is 11.6 Å². The monoisotopic (exact) mass is 536 g/mol. The maximum atomic E-state index is 14.0. The number of benzene rings is 2. The molecule has 0 aliphatic rings. The summed E-state index contributed by atoms with van der Waals surface area (Å²) in [6.07, 6.45) is 3.49. The number of rotatable bonds is 6. The number of anilines is 2. The summed E-state index contributed by atoms with van der Waals surface area (Å²) in [7, 11) is 0. The zero-order chi connectivity index (χ0) is 22.7. The molecule has 164 valence electrons. The molecule has 0 aliphatic heterocycles. The fraction of sp³-hybridized carbons (Fsp3) is 0.0952. The van der Waals surface area contributed by atoms with Crippen molar-refractivity contribution in [3.63, 3.8) is 0 Å². The molecule has 0 unspecified atom stereocenters. The summed E-state index contributed by atoms with van der Waals surface area (Å²) in [5.74, 6) is 0.327. The van der Waals surface area contributed by atoms with Gasteiger partial charge in [0.2, 0.25) is 0 Å². The highest BCUT2D eigenvalue weighted by Gasteiger charge is 2.11. The van der Waals surface area contributed by atoms with Crippen LogP contribution in [0.2, 0.25) is 5.02 Å². The fourth-order valence-electron chi connectivity index (χ4n) is 2.96. The van der Waals surface area contributed by atoms with Gasteiger partial charge in [0, 0.05) is 29.0 Å². The van der Waals surface area contributed by atoms with Crippen molar-refractivity contribution in [3.8, 4) is 0 Å². The normalized spacial score (nSPS) is 10.9. The van der Waals surface area contributed by atoms with Gasteiger partial charge in [-0.05, 0) is 58.0 Å². The second-order valence-electron chi connectivity index (χ2n) is 6.83. The Hall–Kier alpha value is -2.82. The van der Waals surface area contributed by atoms with E-state index in [2.05, 4.69) is 36.8 Å². The summed E-state index contributed by atoms with van der Waals surface area (Å²) in [6, 6.07) is 12.5. The first-order valence-corrected chi connectivity index (χ1v) is 11.0. The van der Waals surface area contributed by atoms with Crippen LogP contribution in [0.25, 0.3) is 0 Å². The Morgan fingerprint density at radius 1 is 1.00 bits per heavy atom. The summed E-state index contributed by atoms with van der Waals surface area (Å²) < 4.78 is 31.0. The number of hydrogen-bond donors (Lipinski definition) is 2. The van der Waals surface area contributed by atoms with Crippen molar-refractivity contribution >= 4 is 56.5 Å². The summed E-state index contributed by atoms with van der Waals surface area (Å²) >= 11 is 14.9. The first-order valence-electron chi connectivity index (χ1n) is 9.39. The van der Waals surface area contributed by atoms with E-state index in [4.69, 9.17) is 23.8 Å². The quantitative estimate of drug-likeness (QED) is 0.310. The Morgan fingerprint density at radius 2 is 1.78 bits per heavy atom. The zero-order valence-corrected chi connectivity index (χ0v) is 19.6. The van der Waals surface area contributed by atoms with E-state index in [0.717, 1.165) is 5.56 Å². The van der Waals surface area contributed by atoms with Gasteiger partial charge in [-0.3, -0.25) is 9.36 Å². The molecule has 4 rings (SSSR count). The molecule has 0 aliphatic carbocycles. The Labute approximate surface area is 201 Å². The van der Waals surface area contributed by atoms with Gasteiger partial charge in [0.25, 0.3) is 0 Å². The van der Waals surface area contributed by atoms with Crippen LogP contribution in [0.3, 0.4) is 0 Å². The van der Waals surface area contributed by atoms with Gasteiger partial charge in [0.05, 0.1) is 17.6 Å². The Balaban J connectivity index is 1.37.